The Labute approximate surface area is 124 Å². The van der Waals surface area contributed by atoms with Crippen molar-refractivity contribution in [3.63, 3.8) is 0 Å². The molecule has 1 aromatic carbocycles. The second kappa shape index (κ2) is 5.37. The van der Waals surface area contributed by atoms with Gasteiger partial charge in [-0.25, -0.2) is 8.42 Å². The van der Waals surface area contributed by atoms with Crippen molar-refractivity contribution in [2.24, 2.45) is 5.92 Å². The molecule has 0 aliphatic heterocycles. The lowest BCUT2D eigenvalue weighted by Crippen LogP contribution is -2.29. The molecule has 1 aliphatic carbocycles. The lowest BCUT2D eigenvalue weighted by molar-refractivity contribution is 0.0787. The van der Waals surface area contributed by atoms with Gasteiger partial charge in [0, 0.05) is 29.8 Å². The minimum absolute atomic E-state index is 0.0227. The van der Waals surface area contributed by atoms with E-state index in [0.29, 0.717) is 11.5 Å². The van der Waals surface area contributed by atoms with Crippen LogP contribution in [0.25, 0.3) is 0 Å². The zero-order valence-electron chi connectivity index (χ0n) is 11.8. The summed E-state index contributed by atoms with van der Waals surface area (Å²) in [5, 5.41) is 0. The predicted octanol–water partition coefficient (Wildman–Crippen LogP) is 2.71. The summed E-state index contributed by atoms with van der Waals surface area (Å²) in [7, 11) is 3.30. The number of rotatable bonds is 4. The summed E-state index contributed by atoms with van der Waals surface area (Å²) in [5.74, 6) is 0.435. The number of hydrogen-bond acceptors (Lipinski definition) is 3. The van der Waals surface area contributed by atoms with E-state index < -0.39 is 9.05 Å². The van der Waals surface area contributed by atoms with E-state index in [-0.39, 0.29) is 10.8 Å². The summed E-state index contributed by atoms with van der Waals surface area (Å²) in [6.07, 6.45) is 2.32. The number of aryl methyl sites for hydroxylation is 1. The van der Waals surface area contributed by atoms with E-state index in [2.05, 4.69) is 0 Å². The molecule has 0 N–H and O–H groups in total. The van der Waals surface area contributed by atoms with E-state index in [1.54, 1.807) is 18.9 Å². The Morgan fingerprint density at radius 2 is 1.95 bits per heavy atom. The minimum Gasteiger partial charge on any atom is -0.341 e. The molecule has 2 rings (SSSR count). The Kier molecular flexibility index (Phi) is 4.12. The van der Waals surface area contributed by atoms with Crippen LogP contribution in [0.5, 0.6) is 0 Å². The van der Waals surface area contributed by atoms with E-state index in [9.17, 15) is 13.2 Å². The number of nitrogens with zero attached hydrogens (tertiary/aromatic N) is 1. The maximum atomic E-state index is 12.4. The van der Waals surface area contributed by atoms with Crippen molar-refractivity contribution in [2.75, 3.05) is 13.6 Å². The lowest BCUT2D eigenvalue weighted by Gasteiger charge is -2.19. The van der Waals surface area contributed by atoms with Gasteiger partial charge >= 0.3 is 0 Å². The van der Waals surface area contributed by atoms with Crippen LogP contribution in [0.1, 0.15) is 34.3 Å². The maximum Gasteiger partial charge on any atom is 0.261 e. The molecule has 0 radical (unpaired) electrons. The van der Waals surface area contributed by atoms with Gasteiger partial charge in [0.25, 0.3) is 15.0 Å². The first-order valence-electron chi connectivity index (χ1n) is 6.51. The Morgan fingerprint density at radius 3 is 2.45 bits per heavy atom. The standard InChI is InChI=1S/C14H18ClNO3S/c1-9-6-12(20(15,18)19)7-13(10(9)2)14(17)16(3)8-11-4-5-11/h6-7,11H,4-5,8H2,1-3H3. The van der Waals surface area contributed by atoms with Gasteiger partial charge in [-0.3, -0.25) is 4.79 Å². The summed E-state index contributed by atoms with van der Waals surface area (Å²) in [4.78, 5) is 14.1. The largest absolute Gasteiger partial charge is 0.341 e. The molecule has 0 saturated heterocycles. The van der Waals surface area contributed by atoms with Crippen LogP contribution in [0, 0.1) is 19.8 Å². The van der Waals surface area contributed by atoms with Gasteiger partial charge in [0.1, 0.15) is 0 Å². The van der Waals surface area contributed by atoms with Crippen molar-refractivity contribution in [1.82, 2.24) is 4.90 Å². The van der Waals surface area contributed by atoms with E-state index in [4.69, 9.17) is 10.7 Å². The van der Waals surface area contributed by atoms with E-state index >= 15 is 0 Å². The Bertz CT molecular complexity index is 651. The van der Waals surface area contributed by atoms with Gasteiger partial charge in [0.05, 0.1) is 4.90 Å². The van der Waals surface area contributed by atoms with Crippen LogP contribution in [0.2, 0.25) is 0 Å². The average Bonchev–Trinajstić information content (AvgIpc) is 3.14. The molecular formula is C14H18ClNO3S. The van der Waals surface area contributed by atoms with Crippen molar-refractivity contribution < 1.29 is 13.2 Å². The maximum absolute atomic E-state index is 12.4. The van der Waals surface area contributed by atoms with E-state index in [1.165, 1.54) is 12.1 Å². The van der Waals surface area contributed by atoms with Crippen molar-refractivity contribution >= 4 is 25.6 Å². The van der Waals surface area contributed by atoms with Crippen molar-refractivity contribution in [3.05, 3.63) is 28.8 Å². The normalized spacial score (nSPS) is 15.2. The van der Waals surface area contributed by atoms with Crippen LogP contribution in [-0.4, -0.2) is 32.8 Å². The second-order valence-corrected chi connectivity index (χ2v) is 8.05. The molecule has 1 amide bonds. The highest BCUT2D eigenvalue weighted by Crippen LogP contribution is 2.30. The summed E-state index contributed by atoms with van der Waals surface area (Å²) in [6.45, 7) is 4.31. The highest BCUT2D eigenvalue weighted by Gasteiger charge is 2.26. The average molecular weight is 316 g/mol. The molecule has 4 nitrogen and oxygen atoms in total. The number of benzene rings is 1. The minimum atomic E-state index is -3.83. The molecule has 0 bridgehead atoms. The number of carbonyl (C=O) groups is 1. The predicted molar refractivity (Wildman–Crippen MR) is 78.6 cm³/mol. The van der Waals surface area contributed by atoms with Gasteiger partial charge in [0.15, 0.2) is 0 Å². The summed E-state index contributed by atoms with van der Waals surface area (Å²) < 4.78 is 22.9. The molecule has 1 saturated carbocycles. The molecule has 0 spiro atoms. The van der Waals surface area contributed by atoms with Crippen LogP contribution >= 0.6 is 10.7 Å². The number of carbonyl (C=O) groups excluding carboxylic acids is 1. The first-order chi connectivity index (χ1) is 9.20. The van der Waals surface area contributed by atoms with Gasteiger partial charge in [-0.05, 0) is 55.9 Å². The monoisotopic (exact) mass is 315 g/mol. The molecule has 110 valence electrons. The summed E-state index contributed by atoms with van der Waals surface area (Å²) >= 11 is 0. The highest BCUT2D eigenvalue weighted by atomic mass is 35.7. The van der Waals surface area contributed by atoms with Gasteiger partial charge in [-0.2, -0.15) is 0 Å². The Morgan fingerprint density at radius 1 is 1.35 bits per heavy atom. The van der Waals surface area contributed by atoms with Gasteiger partial charge in [-0.1, -0.05) is 0 Å². The second-order valence-electron chi connectivity index (χ2n) is 5.48. The molecule has 0 heterocycles. The van der Waals surface area contributed by atoms with Crippen LogP contribution in [0.3, 0.4) is 0 Å². The number of halogens is 1. The molecule has 0 aromatic heterocycles. The first-order valence-corrected chi connectivity index (χ1v) is 8.82. The quantitative estimate of drug-likeness (QED) is 0.803. The fourth-order valence-electron chi connectivity index (χ4n) is 2.17. The zero-order valence-corrected chi connectivity index (χ0v) is 13.4. The number of amides is 1. The molecule has 6 heteroatoms. The third kappa shape index (κ3) is 3.33. The van der Waals surface area contributed by atoms with Crippen LogP contribution in [0.4, 0.5) is 0 Å². The van der Waals surface area contributed by atoms with E-state index in [0.717, 1.165) is 30.5 Å². The SMILES string of the molecule is Cc1cc(S(=O)(=O)Cl)cc(C(=O)N(C)CC2CC2)c1C. The Balaban J connectivity index is 2.38. The molecular weight excluding hydrogens is 298 g/mol. The smallest absolute Gasteiger partial charge is 0.261 e. The van der Waals surface area contributed by atoms with Crippen LogP contribution in [-0.2, 0) is 9.05 Å². The lowest BCUT2D eigenvalue weighted by atomic mass is 10.0. The molecule has 0 unspecified atom stereocenters. The summed E-state index contributed by atoms with van der Waals surface area (Å²) in [5.41, 5.74) is 1.95. The molecule has 20 heavy (non-hydrogen) atoms. The Hall–Kier alpha value is -1.07. The van der Waals surface area contributed by atoms with Gasteiger partial charge in [-0.15, -0.1) is 0 Å². The van der Waals surface area contributed by atoms with Gasteiger partial charge < -0.3 is 4.90 Å². The van der Waals surface area contributed by atoms with Gasteiger partial charge in [0.2, 0.25) is 0 Å². The number of hydrogen-bond donors (Lipinski definition) is 0. The van der Waals surface area contributed by atoms with Crippen molar-refractivity contribution in [1.29, 1.82) is 0 Å². The molecule has 1 aromatic rings. The zero-order chi connectivity index (χ0) is 15.1. The van der Waals surface area contributed by atoms with Crippen LogP contribution in [0.15, 0.2) is 17.0 Å². The highest BCUT2D eigenvalue weighted by molar-refractivity contribution is 8.13. The van der Waals surface area contributed by atoms with Crippen molar-refractivity contribution in [2.45, 2.75) is 31.6 Å². The third-order valence-corrected chi connectivity index (χ3v) is 5.06. The topological polar surface area (TPSA) is 54.5 Å². The first kappa shape index (κ1) is 15.3. The third-order valence-electron chi connectivity index (χ3n) is 3.73. The van der Waals surface area contributed by atoms with Crippen molar-refractivity contribution in [3.8, 4) is 0 Å². The fraction of sp³-hybridized carbons (Fsp3) is 0.500. The molecule has 1 aliphatic rings. The summed E-state index contributed by atoms with van der Waals surface area (Å²) in [6, 6.07) is 2.87. The molecule has 0 atom stereocenters. The van der Waals surface area contributed by atoms with E-state index in [1.807, 2.05) is 6.92 Å². The molecule has 1 fully saturated rings. The van der Waals surface area contributed by atoms with Crippen LogP contribution < -0.4 is 0 Å². The fourth-order valence-corrected chi connectivity index (χ4v) is 3.01.